The van der Waals surface area contributed by atoms with Gasteiger partial charge in [-0.05, 0) is 50.8 Å². The largest absolute Gasteiger partial charge is 0.333 e. The molecule has 6 heteroatoms. The summed E-state index contributed by atoms with van der Waals surface area (Å²) in [6.07, 6.45) is 5.01. The number of carbonyl (C=O) groups is 1. The number of nitrogens with one attached hydrogen (secondary N) is 1. The number of imidazole rings is 1. The molecule has 3 aromatic rings. The third-order valence-corrected chi connectivity index (χ3v) is 5.16. The molecule has 1 fully saturated rings. The van der Waals surface area contributed by atoms with E-state index in [0.29, 0.717) is 6.54 Å². The third-order valence-electron chi connectivity index (χ3n) is 5.16. The standard InChI is InChI=1S/C19H23N5O/c1-13-11-20-22-19(13)17-9-5-6-10-23(17)18(25)12-24-14(2)21-15-7-3-4-8-16(15)24/h3-4,7-8,11,17H,5-6,9-10,12H2,1-2H3,(H,20,22)/t17-/m0/s1. The maximum absolute atomic E-state index is 13.1. The summed E-state index contributed by atoms with van der Waals surface area (Å²) in [7, 11) is 0. The second-order valence-electron chi connectivity index (χ2n) is 6.80. The van der Waals surface area contributed by atoms with Crippen LogP contribution in [-0.4, -0.2) is 37.1 Å². The maximum Gasteiger partial charge on any atom is 0.243 e. The van der Waals surface area contributed by atoms with E-state index in [1.54, 1.807) is 0 Å². The number of rotatable bonds is 3. The Balaban J connectivity index is 1.62. The molecule has 0 bridgehead atoms. The molecule has 1 amide bonds. The number of aromatic nitrogens is 4. The molecule has 0 aliphatic carbocycles. The molecule has 4 rings (SSSR count). The minimum absolute atomic E-state index is 0.0961. The van der Waals surface area contributed by atoms with Crippen LogP contribution < -0.4 is 0 Å². The molecule has 1 N–H and O–H groups in total. The zero-order valence-corrected chi connectivity index (χ0v) is 14.7. The van der Waals surface area contributed by atoms with E-state index in [1.165, 1.54) is 0 Å². The highest BCUT2D eigenvalue weighted by Crippen LogP contribution is 2.31. The summed E-state index contributed by atoms with van der Waals surface area (Å²) in [5.41, 5.74) is 4.14. The highest BCUT2D eigenvalue weighted by atomic mass is 16.2. The lowest BCUT2D eigenvalue weighted by molar-refractivity contribution is -0.135. The van der Waals surface area contributed by atoms with Crippen LogP contribution in [0.25, 0.3) is 11.0 Å². The lowest BCUT2D eigenvalue weighted by Crippen LogP contribution is -2.40. The van der Waals surface area contributed by atoms with E-state index in [1.807, 2.05) is 53.8 Å². The van der Waals surface area contributed by atoms with Crippen LogP contribution >= 0.6 is 0 Å². The van der Waals surface area contributed by atoms with Crippen molar-refractivity contribution in [1.82, 2.24) is 24.6 Å². The molecule has 0 radical (unpaired) electrons. The summed E-state index contributed by atoms with van der Waals surface area (Å²) >= 11 is 0. The van der Waals surface area contributed by atoms with Gasteiger partial charge in [-0.25, -0.2) is 4.98 Å². The number of amides is 1. The van der Waals surface area contributed by atoms with Gasteiger partial charge in [0.15, 0.2) is 0 Å². The van der Waals surface area contributed by atoms with E-state index >= 15 is 0 Å². The molecule has 1 saturated heterocycles. The topological polar surface area (TPSA) is 66.8 Å². The minimum Gasteiger partial charge on any atom is -0.333 e. The predicted molar refractivity (Wildman–Crippen MR) is 96.1 cm³/mol. The van der Waals surface area contributed by atoms with Gasteiger partial charge in [0, 0.05) is 6.54 Å². The SMILES string of the molecule is Cc1cn[nH]c1[C@@H]1CCCCN1C(=O)Cn1c(C)nc2ccccc21. The smallest absolute Gasteiger partial charge is 0.243 e. The van der Waals surface area contributed by atoms with Crippen molar-refractivity contribution >= 4 is 16.9 Å². The molecule has 1 aliphatic rings. The fourth-order valence-corrected chi connectivity index (χ4v) is 3.85. The summed E-state index contributed by atoms with van der Waals surface area (Å²) in [4.78, 5) is 19.7. The number of hydrogen-bond acceptors (Lipinski definition) is 3. The average Bonchev–Trinajstić information content (AvgIpc) is 3.18. The first kappa shape index (κ1) is 15.9. The van der Waals surface area contributed by atoms with Crippen molar-refractivity contribution in [3.8, 4) is 0 Å². The van der Waals surface area contributed by atoms with Gasteiger partial charge in [0.2, 0.25) is 5.91 Å². The third kappa shape index (κ3) is 2.81. The lowest BCUT2D eigenvalue weighted by atomic mass is 9.97. The van der Waals surface area contributed by atoms with Gasteiger partial charge in [0.05, 0.1) is 29.0 Å². The first-order valence-electron chi connectivity index (χ1n) is 8.86. The fourth-order valence-electron chi connectivity index (χ4n) is 3.85. The Kier molecular flexibility index (Phi) is 4.03. The monoisotopic (exact) mass is 337 g/mol. The second kappa shape index (κ2) is 6.35. The number of fused-ring (bicyclic) bond motifs is 1. The Hall–Kier alpha value is -2.63. The first-order valence-corrected chi connectivity index (χ1v) is 8.86. The number of aromatic amines is 1. The summed E-state index contributed by atoms with van der Waals surface area (Å²) in [6, 6.07) is 8.07. The second-order valence-corrected chi connectivity index (χ2v) is 6.80. The maximum atomic E-state index is 13.1. The van der Waals surface area contributed by atoms with Gasteiger partial charge in [-0.1, -0.05) is 12.1 Å². The summed E-state index contributed by atoms with van der Waals surface area (Å²) in [5, 5.41) is 7.24. The van der Waals surface area contributed by atoms with Gasteiger partial charge in [0.1, 0.15) is 12.4 Å². The number of piperidine rings is 1. The van der Waals surface area contributed by atoms with E-state index in [2.05, 4.69) is 15.2 Å². The van der Waals surface area contributed by atoms with Crippen molar-refractivity contribution in [2.24, 2.45) is 0 Å². The van der Waals surface area contributed by atoms with E-state index in [4.69, 9.17) is 0 Å². The molecule has 1 aliphatic heterocycles. The molecule has 25 heavy (non-hydrogen) atoms. The van der Waals surface area contributed by atoms with Gasteiger partial charge in [-0.15, -0.1) is 0 Å². The predicted octanol–water partition coefficient (Wildman–Crippen LogP) is 3.13. The number of carbonyl (C=O) groups excluding carboxylic acids is 1. The molecule has 0 spiro atoms. The zero-order valence-electron chi connectivity index (χ0n) is 14.7. The van der Waals surface area contributed by atoms with Crippen LogP contribution in [0.5, 0.6) is 0 Å². The van der Waals surface area contributed by atoms with Crippen LogP contribution in [-0.2, 0) is 11.3 Å². The summed E-state index contributed by atoms with van der Waals surface area (Å²) < 4.78 is 2.02. The van der Waals surface area contributed by atoms with E-state index in [0.717, 1.165) is 53.9 Å². The van der Waals surface area contributed by atoms with Crippen LogP contribution in [0.2, 0.25) is 0 Å². The van der Waals surface area contributed by atoms with Crippen LogP contribution in [0.3, 0.4) is 0 Å². The Labute approximate surface area is 146 Å². The quantitative estimate of drug-likeness (QED) is 0.798. The van der Waals surface area contributed by atoms with Gasteiger partial charge in [-0.3, -0.25) is 9.89 Å². The number of hydrogen-bond donors (Lipinski definition) is 1. The van der Waals surface area contributed by atoms with Crippen molar-refractivity contribution in [1.29, 1.82) is 0 Å². The molecular formula is C19H23N5O. The van der Waals surface area contributed by atoms with Crippen LogP contribution in [0.1, 0.15) is 42.4 Å². The normalized spacial score (nSPS) is 18.0. The number of likely N-dealkylation sites (tertiary alicyclic amines) is 1. The van der Waals surface area contributed by atoms with Crippen LogP contribution in [0, 0.1) is 13.8 Å². The van der Waals surface area contributed by atoms with Crippen LogP contribution in [0.15, 0.2) is 30.5 Å². The van der Waals surface area contributed by atoms with Crippen molar-refractivity contribution in [3.05, 3.63) is 47.5 Å². The molecule has 1 atom stereocenters. The van der Waals surface area contributed by atoms with E-state index < -0.39 is 0 Å². The lowest BCUT2D eigenvalue weighted by Gasteiger charge is -2.35. The highest BCUT2D eigenvalue weighted by Gasteiger charge is 2.30. The molecule has 3 heterocycles. The summed E-state index contributed by atoms with van der Waals surface area (Å²) in [5.74, 6) is 1.02. The molecule has 6 nitrogen and oxygen atoms in total. The molecule has 130 valence electrons. The van der Waals surface area contributed by atoms with Crippen LogP contribution in [0.4, 0.5) is 0 Å². The van der Waals surface area contributed by atoms with Gasteiger partial charge in [-0.2, -0.15) is 5.10 Å². The minimum atomic E-state index is 0.0961. The number of H-pyrrole nitrogens is 1. The zero-order chi connectivity index (χ0) is 17.4. The van der Waals surface area contributed by atoms with Crippen molar-refractivity contribution in [2.75, 3.05) is 6.54 Å². The number of para-hydroxylation sites is 2. The Morgan fingerprint density at radius 2 is 2.12 bits per heavy atom. The average molecular weight is 337 g/mol. The van der Waals surface area contributed by atoms with Crippen molar-refractivity contribution < 1.29 is 4.79 Å². The van der Waals surface area contributed by atoms with Gasteiger partial charge < -0.3 is 9.47 Å². The Bertz CT molecular complexity index is 910. The summed E-state index contributed by atoms with van der Waals surface area (Å²) in [6.45, 7) is 5.13. The molecule has 1 aromatic carbocycles. The Morgan fingerprint density at radius 3 is 2.92 bits per heavy atom. The van der Waals surface area contributed by atoms with E-state index in [-0.39, 0.29) is 11.9 Å². The number of benzene rings is 1. The number of nitrogens with zero attached hydrogens (tertiary/aromatic N) is 4. The van der Waals surface area contributed by atoms with E-state index in [9.17, 15) is 4.79 Å². The Morgan fingerprint density at radius 1 is 1.28 bits per heavy atom. The molecule has 0 unspecified atom stereocenters. The molecular weight excluding hydrogens is 314 g/mol. The highest BCUT2D eigenvalue weighted by molar-refractivity contribution is 5.81. The molecule has 2 aromatic heterocycles. The van der Waals surface area contributed by atoms with Gasteiger partial charge in [0.25, 0.3) is 0 Å². The fraction of sp³-hybridized carbons (Fsp3) is 0.421. The van der Waals surface area contributed by atoms with Gasteiger partial charge >= 0.3 is 0 Å². The van der Waals surface area contributed by atoms with Crippen molar-refractivity contribution in [3.63, 3.8) is 0 Å². The number of aryl methyl sites for hydroxylation is 2. The molecule has 0 saturated carbocycles. The van der Waals surface area contributed by atoms with Crippen molar-refractivity contribution in [2.45, 2.75) is 45.7 Å². The first-order chi connectivity index (χ1) is 12.1.